The largest absolute Gasteiger partial charge is 0.330 e. The summed E-state index contributed by atoms with van der Waals surface area (Å²) in [6, 6.07) is 7.01. The lowest BCUT2D eigenvalue weighted by molar-refractivity contribution is 0.392. The smallest absolute Gasteiger partial charge is 0.0104 e. The van der Waals surface area contributed by atoms with Crippen molar-refractivity contribution in [2.75, 3.05) is 12.3 Å². The Balaban J connectivity index is 2.11. The van der Waals surface area contributed by atoms with Crippen LogP contribution in [0.3, 0.4) is 0 Å². The molecule has 0 saturated carbocycles. The van der Waals surface area contributed by atoms with Crippen molar-refractivity contribution in [3.05, 3.63) is 29.3 Å². The van der Waals surface area contributed by atoms with Gasteiger partial charge in [-0.15, -0.1) is 11.8 Å². The molecule has 0 spiro atoms. The second-order valence-electron chi connectivity index (χ2n) is 5.34. The zero-order valence-corrected chi connectivity index (χ0v) is 11.7. The first-order chi connectivity index (χ1) is 8.20. The molecule has 1 nitrogen and oxygen atoms in total. The van der Waals surface area contributed by atoms with Crippen LogP contribution in [0, 0.1) is 11.8 Å². The van der Waals surface area contributed by atoms with Crippen LogP contribution in [-0.2, 0) is 12.8 Å². The van der Waals surface area contributed by atoms with E-state index in [1.807, 2.05) is 11.8 Å². The highest BCUT2D eigenvalue weighted by Gasteiger charge is 2.14. The Bertz CT molecular complexity index is 373. The molecule has 2 N–H and O–H groups in total. The molecule has 1 atom stereocenters. The van der Waals surface area contributed by atoms with Crippen LogP contribution in [0.15, 0.2) is 23.1 Å². The molecule has 0 bridgehead atoms. The molecule has 2 heteroatoms. The summed E-state index contributed by atoms with van der Waals surface area (Å²) in [5.41, 5.74) is 8.88. The third kappa shape index (κ3) is 3.26. The molecule has 1 aliphatic rings. The van der Waals surface area contributed by atoms with Crippen molar-refractivity contribution >= 4 is 11.8 Å². The molecule has 17 heavy (non-hydrogen) atoms. The van der Waals surface area contributed by atoms with E-state index in [0.29, 0.717) is 11.8 Å². The Morgan fingerprint density at radius 3 is 2.88 bits per heavy atom. The fraction of sp³-hybridized carbons (Fsp3) is 0.600. The second kappa shape index (κ2) is 5.92. The van der Waals surface area contributed by atoms with E-state index < -0.39 is 0 Å². The maximum atomic E-state index is 5.86. The van der Waals surface area contributed by atoms with Gasteiger partial charge in [0, 0.05) is 4.90 Å². The summed E-state index contributed by atoms with van der Waals surface area (Å²) in [7, 11) is 0. The van der Waals surface area contributed by atoms with E-state index in [1.165, 1.54) is 29.1 Å². The lowest BCUT2D eigenvalue weighted by atomic mass is 9.88. The molecule has 2 rings (SSSR count). The number of nitrogens with two attached hydrogens (primary N) is 1. The molecule has 1 aromatic carbocycles. The first-order valence-electron chi connectivity index (χ1n) is 6.65. The molecule has 0 aromatic heterocycles. The van der Waals surface area contributed by atoms with Crippen molar-refractivity contribution in [2.24, 2.45) is 17.6 Å². The van der Waals surface area contributed by atoms with Crippen molar-refractivity contribution in [3.63, 3.8) is 0 Å². The van der Waals surface area contributed by atoms with E-state index in [4.69, 9.17) is 5.73 Å². The fourth-order valence-corrected chi connectivity index (χ4v) is 3.45. The summed E-state index contributed by atoms with van der Waals surface area (Å²) in [4.78, 5) is 1.49. The van der Waals surface area contributed by atoms with E-state index in [1.54, 1.807) is 5.56 Å². The van der Waals surface area contributed by atoms with Gasteiger partial charge < -0.3 is 5.73 Å². The van der Waals surface area contributed by atoms with Crippen molar-refractivity contribution in [2.45, 2.75) is 38.0 Å². The van der Waals surface area contributed by atoms with Crippen molar-refractivity contribution in [1.29, 1.82) is 0 Å². The predicted octanol–water partition coefficient (Wildman–Crippen LogP) is 3.50. The molecule has 0 aliphatic carbocycles. The number of fused-ring (bicyclic) bond motifs is 1. The summed E-state index contributed by atoms with van der Waals surface area (Å²) in [6.45, 7) is 5.33. The zero-order chi connectivity index (χ0) is 12.3. The molecular weight excluding hydrogens is 226 g/mol. The van der Waals surface area contributed by atoms with Gasteiger partial charge >= 0.3 is 0 Å². The molecule has 0 amide bonds. The Kier molecular flexibility index (Phi) is 4.52. The minimum absolute atomic E-state index is 0.615. The maximum absolute atomic E-state index is 5.86. The normalized spacial score (nSPS) is 16.9. The van der Waals surface area contributed by atoms with E-state index in [2.05, 4.69) is 32.0 Å². The molecule has 94 valence electrons. The number of hydrogen-bond acceptors (Lipinski definition) is 2. The lowest BCUT2D eigenvalue weighted by Gasteiger charge is -2.21. The maximum Gasteiger partial charge on any atom is 0.0104 e. The van der Waals surface area contributed by atoms with E-state index >= 15 is 0 Å². The highest BCUT2D eigenvalue weighted by atomic mass is 32.2. The van der Waals surface area contributed by atoms with Gasteiger partial charge in [0.1, 0.15) is 0 Å². The monoisotopic (exact) mass is 249 g/mol. The SMILES string of the molecule is CC(C)C(CN)Cc1ccc2c(c1)CCCS2. The average molecular weight is 249 g/mol. The van der Waals surface area contributed by atoms with Crippen molar-refractivity contribution in [3.8, 4) is 0 Å². The predicted molar refractivity (Wildman–Crippen MR) is 76.6 cm³/mol. The van der Waals surface area contributed by atoms with Crippen molar-refractivity contribution in [1.82, 2.24) is 0 Å². The van der Waals surface area contributed by atoms with Crippen LogP contribution >= 0.6 is 11.8 Å². The molecule has 0 radical (unpaired) electrons. The van der Waals surface area contributed by atoms with Gasteiger partial charge in [0.2, 0.25) is 0 Å². The average Bonchev–Trinajstić information content (AvgIpc) is 2.35. The number of aryl methyl sites for hydroxylation is 1. The van der Waals surface area contributed by atoms with Gasteiger partial charge in [-0.2, -0.15) is 0 Å². The van der Waals surface area contributed by atoms with E-state index in [-0.39, 0.29) is 0 Å². The van der Waals surface area contributed by atoms with Crippen LogP contribution in [0.4, 0.5) is 0 Å². The topological polar surface area (TPSA) is 26.0 Å². The molecule has 0 fully saturated rings. The Morgan fingerprint density at radius 1 is 1.35 bits per heavy atom. The molecule has 1 unspecified atom stereocenters. The highest BCUT2D eigenvalue weighted by Crippen LogP contribution is 2.31. The molecule has 0 saturated heterocycles. The van der Waals surface area contributed by atoms with Crippen LogP contribution in [0.25, 0.3) is 0 Å². The quantitative estimate of drug-likeness (QED) is 0.884. The zero-order valence-electron chi connectivity index (χ0n) is 10.9. The molecule has 1 aromatic rings. The minimum Gasteiger partial charge on any atom is -0.330 e. The van der Waals surface area contributed by atoms with Crippen LogP contribution < -0.4 is 5.73 Å². The fourth-order valence-electron chi connectivity index (χ4n) is 2.43. The number of rotatable bonds is 4. The van der Waals surface area contributed by atoms with Gasteiger partial charge in [-0.05, 0) is 60.6 Å². The standard InChI is InChI=1S/C15H23NS/c1-11(2)14(10-16)9-12-5-6-15-13(8-12)4-3-7-17-15/h5-6,8,11,14H,3-4,7,9-10,16H2,1-2H3. The number of benzene rings is 1. The van der Waals surface area contributed by atoms with Crippen LogP contribution in [0.5, 0.6) is 0 Å². The molecule has 1 aliphatic heterocycles. The molecule has 1 heterocycles. The van der Waals surface area contributed by atoms with Gasteiger partial charge in [0.15, 0.2) is 0 Å². The van der Waals surface area contributed by atoms with Gasteiger partial charge in [-0.3, -0.25) is 0 Å². The third-order valence-electron chi connectivity index (χ3n) is 3.72. The Morgan fingerprint density at radius 2 is 2.18 bits per heavy atom. The third-order valence-corrected chi connectivity index (χ3v) is 4.92. The van der Waals surface area contributed by atoms with Gasteiger partial charge in [-0.25, -0.2) is 0 Å². The summed E-state index contributed by atoms with van der Waals surface area (Å²) >= 11 is 2.00. The Labute approximate surface area is 109 Å². The summed E-state index contributed by atoms with van der Waals surface area (Å²) < 4.78 is 0. The Hall–Kier alpha value is -0.470. The van der Waals surface area contributed by atoms with Crippen LogP contribution in [0.2, 0.25) is 0 Å². The summed E-state index contributed by atoms with van der Waals surface area (Å²) in [5, 5.41) is 0. The number of hydrogen-bond donors (Lipinski definition) is 1. The van der Waals surface area contributed by atoms with Crippen LogP contribution in [-0.4, -0.2) is 12.3 Å². The number of thioether (sulfide) groups is 1. The highest BCUT2D eigenvalue weighted by molar-refractivity contribution is 7.99. The van der Waals surface area contributed by atoms with E-state index in [0.717, 1.165) is 13.0 Å². The summed E-state index contributed by atoms with van der Waals surface area (Å²) in [5.74, 6) is 2.57. The van der Waals surface area contributed by atoms with Gasteiger partial charge in [0.05, 0.1) is 0 Å². The van der Waals surface area contributed by atoms with Crippen molar-refractivity contribution < 1.29 is 0 Å². The summed E-state index contributed by atoms with van der Waals surface area (Å²) in [6.07, 6.45) is 3.71. The lowest BCUT2D eigenvalue weighted by Crippen LogP contribution is -2.22. The van der Waals surface area contributed by atoms with E-state index in [9.17, 15) is 0 Å². The minimum atomic E-state index is 0.615. The van der Waals surface area contributed by atoms with Gasteiger partial charge in [0.25, 0.3) is 0 Å². The first-order valence-corrected chi connectivity index (χ1v) is 7.64. The first kappa shape index (κ1) is 13.0. The second-order valence-corrected chi connectivity index (χ2v) is 6.47. The van der Waals surface area contributed by atoms with Gasteiger partial charge in [-0.1, -0.05) is 26.0 Å². The van der Waals surface area contributed by atoms with Crippen LogP contribution in [0.1, 0.15) is 31.4 Å². The molecular formula is C15H23NS.